The summed E-state index contributed by atoms with van der Waals surface area (Å²) in [5.41, 5.74) is 1.79. The number of benzene rings is 2. The van der Waals surface area contributed by atoms with Gasteiger partial charge in [-0.25, -0.2) is 13.4 Å². The van der Waals surface area contributed by atoms with E-state index in [2.05, 4.69) is 10.3 Å². The number of carbonyl (C=O) groups is 1. The van der Waals surface area contributed by atoms with Crippen LogP contribution in [-0.4, -0.2) is 49.1 Å². The molecule has 1 saturated heterocycles. The zero-order valence-corrected chi connectivity index (χ0v) is 19.4. The molecular weight excluding hydrogens is 450 g/mol. The molecule has 10 heteroatoms. The van der Waals surface area contributed by atoms with Crippen molar-refractivity contribution in [2.24, 2.45) is 0 Å². The number of piperidine rings is 1. The van der Waals surface area contributed by atoms with Crippen LogP contribution in [0.2, 0.25) is 0 Å². The van der Waals surface area contributed by atoms with Gasteiger partial charge in [-0.15, -0.1) is 0 Å². The van der Waals surface area contributed by atoms with E-state index in [1.54, 1.807) is 19.1 Å². The second-order valence-corrected chi connectivity index (χ2v) is 10.2. The third kappa shape index (κ3) is 5.08. The predicted octanol–water partition coefficient (Wildman–Crippen LogP) is 4.13. The van der Waals surface area contributed by atoms with Gasteiger partial charge in [-0.1, -0.05) is 30.3 Å². The summed E-state index contributed by atoms with van der Waals surface area (Å²) in [6.45, 7) is 3.13. The number of sulfonamides is 1. The van der Waals surface area contributed by atoms with Crippen LogP contribution in [0.25, 0.3) is 11.1 Å². The van der Waals surface area contributed by atoms with Crippen LogP contribution in [0, 0.1) is 0 Å². The Hall–Kier alpha value is -2.56. The third-order valence-corrected chi connectivity index (χ3v) is 7.81. The molecule has 3 aromatic rings. The van der Waals surface area contributed by atoms with Crippen molar-refractivity contribution in [3.63, 3.8) is 0 Å². The quantitative estimate of drug-likeness (QED) is 0.489. The number of aromatic nitrogens is 1. The number of oxazole rings is 1. The zero-order chi connectivity index (χ0) is 22.6. The molecule has 1 fully saturated rings. The fourth-order valence-corrected chi connectivity index (χ4v) is 5.86. The minimum absolute atomic E-state index is 0.0747. The summed E-state index contributed by atoms with van der Waals surface area (Å²) in [4.78, 5) is 16.9. The number of ether oxygens (including phenoxy) is 1. The van der Waals surface area contributed by atoms with Crippen molar-refractivity contribution in [3.8, 4) is 5.75 Å². The largest absolute Gasteiger partial charge is 0.492 e. The highest BCUT2D eigenvalue weighted by Crippen LogP contribution is 2.31. The molecule has 0 saturated carbocycles. The monoisotopic (exact) mass is 475 g/mol. The fraction of sp³-hybridized carbons (Fsp3) is 0.364. The van der Waals surface area contributed by atoms with Crippen molar-refractivity contribution in [2.45, 2.75) is 36.3 Å². The van der Waals surface area contributed by atoms with Crippen LogP contribution in [0.15, 0.2) is 57.0 Å². The van der Waals surface area contributed by atoms with E-state index in [1.807, 2.05) is 24.3 Å². The van der Waals surface area contributed by atoms with Crippen LogP contribution < -0.4 is 10.1 Å². The summed E-state index contributed by atoms with van der Waals surface area (Å²) in [6.07, 6.45) is 2.71. The molecule has 0 unspecified atom stereocenters. The van der Waals surface area contributed by atoms with Gasteiger partial charge in [-0.05, 0) is 50.1 Å². The van der Waals surface area contributed by atoms with Crippen molar-refractivity contribution in [1.29, 1.82) is 0 Å². The maximum absolute atomic E-state index is 13.2. The molecule has 2 heterocycles. The molecule has 0 atom stereocenters. The minimum Gasteiger partial charge on any atom is -0.492 e. The maximum atomic E-state index is 13.2. The molecule has 0 bridgehead atoms. The topological polar surface area (TPSA) is 102 Å². The molecule has 1 aliphatic heterocycles. The molecule has 0 radical (unpaired) electrons. The van der Waals surface area contributed by atoms with Crippen molar-refractivity contribution in [2.75, 3.05) is 30.8 Å². The Balaban J connectivity index is 1.48. The first-order valence-corrected chi connectivity index (χ1v) is 12.9. The molecular formula is C22H25N3O5S2. The van der Waals surface area contributed by atoms with Crippen LogP contribution in [0.3, 0.4) is 0 Å². The molecule has 32 heavy (non-hydrogen) atoms. The Morgan fingerprint density at radius 3 is 2.72 bits per heavy atom. The molecule has 1 aliphatic rings. The predicted molar refractivity (Wildman–Crippen MR) is 124 cm³/mol. The first-order valence-electron chi connectivity index (χ1n) is 10.5. The smallest absolute Gasteiger partial charge is 0.257 e. The standard InChI is InChI=1S/C22H25N3O5S2/c1-2-29-19-11-10-16(14-20(19)32(27,28)25-12-6-3-7-13-25)23-21(26)15-31-22-24-17-8-4-5-9-18(17)30-22/h4-5,8-11,14H,2-3,6-7,12-13,15H2,1H3,(H,23,26). The van der Waals surface area contributed by atoms with Crippen molar-refractivity contribution >= 4 is 44.5 Å². The SMILES string of the molecule is CCOc1ccc(NC(=O)CSc2nc3ccccc3o2)cc1S(=O)(=O)N1CCCCC1. The Bertz CT molecular complexity index is 1170. The average molecular weight is 476 g/mol. The number of thioether (sulfide) groups is 1. The van der Waals surface area contributed by atoms with Crippen molar-refractivity contribution in [1.82, 2.24) is 9.29 Å². The van der Waals surface area contributed by atoms with E-state index in [0.717, 1.165) is 24.8 Å². The molecule has 1 amide bonds. The first kappa shape index (κ1) is 22.6. The number of hydrogen-bond acceptors (Lipinski definition) is 7. The van der Waals surface area contributed by atoms with E-state index < -0.39 is 10.0 Å². The van der Waals surface area contributed by atoms with Gasteiger partial charge in [0.2, 0.25) is 15.9 Å². The maximum Gasteiger partial charge on any atom is 0.257 e. The summed E-state index contributed by atoms with van der Waals surface area (Å²) < 4.78 is 39.1. The molecule has 2 aromatic carbocycles. The highest BCUT2D eigenvalue weighted by Gasteiger charge is 2.29. The van der Waals surface area contributed by atoms with Crippen molar-refractivity contribution in [3.05, 3.63) is 42.5 Å². The lowest BCUT2D eigenvalue weighted by Gasteiger charge is -2.27. The summed E-state index contributed by atoms with van der Waals surface area (Å²) in [5, 5.41) is 3.17. The molecule has 0 aliphatic carbocycles. The van der Waals surface area contributed by atoms with E-state index >= 15 is 0 Å². The number of amides is 1. The molecule has 0 spiro atoms. The normalized spacial score (nSPS) is 15.0. The molecule has 1 aromatic heterocycles. The highest BCUT2D eigenvalue weighted by molar-refractivity contribution is 7.99. The van der Waals surface area contributed by atoms with Gasteiger partial charge in [0.15, 0.2) is 5.58 Å². The lowest BCUT2D eigenvalue weighted by atomic mass is 10.2. The molecule has 8 nitrogen and oxygen atoms in total. The van der Waals surface area contributed by atoms with Crippen LogP contribution in [0.4, 0.5) is 5.69 Å². The molecule has 1 N–H and O–H groups in total. The van der Waals surface area contributed by atoms with E-state index in [4.69, 9.17) is 9.15 Å². The van der Waals surface area contributed by atoms with Gasteiger partial charge in [0.25, 0.3) is 5.22 Å². The summed E-state index contributed by atoms with van der Waals surface area (Å²) >= 11 is 1.18. The third-order valence-electron chi connectivity index (χ3n) is 5.06. The van der Waals surface area contributed by atoms with E-state index in [9.17, 15) is 13.2 Å². The van der Waals surface area contributed by atoms with Gasteiger partial charge in [-0.3, -0.25) is 4.79 Å². The van der Waals surface area contributed by atoms with Crippen molar-refractivity contribution < 1.29 is 22.4 Å². The Kier molecular flexibility index (Phi) is 7.02. The number of nitrogens with one attached hydrogen (secondary N) is 1. The van der Waals surface area contributed by atoms with Gasteiger partial charge in [0.05, 0.1) is 12.4 Å². The number of carbonyl (C=O) groups excluding carboxylic acids is 1. The fourth-order valence-electron chi connectivity index (χ4n) is 3.54. The Morgan fingerprint density at radius 2 is 1.97 bits per heavy atom. The second kappa shape index (κ2) is 9.93. The number of rotatable bonds is 8. The average Bonchev–Trinajstić information content (AvgIpc) is 3.22. The van der Waals surface area contributed by atoms with E-state index in [0.29, 0.717) is 36.2 Å². The van der Waals surface area contributed by atoms with Crippen LogP contribution in [0.5, 0.6) is 5.75 Å². The number of hydrogen-bond donors (Lipinski definition) is 1. The number of nitrogens with zero attached hydrogens (tertiary/aromatic N) is 2. The minimum atomic E-state index is -3.72. The van der Waals surface area contributed by atoms with Gasteiger partial charge < -0.3 is 14.5 Å². The van der Waals surface area contributed by atoms with E-state index in [1.165, 1.54) is 22.1 Å². The first-order chi connectivity index (χ1) is 15.5. The van der Waals surface area contributed by atoms with Crippen LogP contribution in [0.1, 0.15) is 26.2 Å². The lowest BCUT2D eigenvalue weighted by molar-refractivity contribution is -0.113. The van der Waals surface area contributed by atoms with Gasteiger partial charge >= 0.3 is 0 Å². The molecule has 170 valence electrons. The highest BCUT2D eigenvalue weighted by atomic mass is 32.2. The Labute approximate surface area is 191 Å². The van der Waals surface area contributed by atoms with Crippen LogP contribution in [-0.2, 0) is 14.8 Å². The zero-order valence-electron chi connectivity index (χ0n) is 17.7. The Morgan fingerprint density at radius 1 is 1.19 bits per heavy atom. The number of anilines is 1. The number of para-hydroxylation sites is 2. The summed E-state index contributed by atoms with van der Waals surface area (Å²) in [5.74, 6) is 0.0773. The van der Waals surface area contributed by atoms with E-state index in [-0.39, 0.29) is 22.3 Å². The summed E-state index contributed by atoms with van der Waals surface area (Å²) in [7, 11) is -3.72. The molecule has 4 rings (SSSR count). The number of fused-ring (bicyclic) bond motifs is 1. The lowest BCUT2D eigenvalue weighted by Crippen LogP contribution is -2.35. The second-order valence-electron chi connectivity index (χ2n) is 7.34. The van der Waals surface area contributed by atoms with Crippen LogP contribution >= 0.6 is 11.8 Å². The summed E-state index contributed by atoms with van der Waals surface area (Å²) in [6, 6.07) is 12.1. The van der Waals surface area contributed by atoms with Gasteiger partial charge in [0.1, 0.15) is 16.2 Å². The van der Waals surface area contributed by atoms with Gasteiger partial charge in [-0.2, -0.15) is 4.31 Å². The van der Waals surface area contributed by atoms with Gasteiger partial charge in [0, 0.05) is 18.8 Å².